The maximum absolute atomic E-state index is 11.4. The van der Waals surface area contributed by atoms with Gasteiger partial charge in [0.1, 0.15) is 0 Å². The molecule has 0 bridgehead atoms. The van der Waals surface area contributed by atoms with Gasteiger partial charge in [0.25, 0.3) is 0 Å². The quantitative estimate of drug-likeness (QED) is 0.179. The summed E-state index contributed by atoms with van der Waals surface area (Å²) in [5.41, 5.74) is 0.766. The summed E-state index contributed by atoms with van der Waals surface area (Å²) >= 11 is 0. The molecule has 0 heterocycles. The van der Waals surface area contributed by atoms with Crippen LogP contribution >= 0.6 is 0 Å². The van der Waals surface area contributed by atoms with E-state index >= 15 is 0 Å². The van der Waals surface area contributed by atoms with Gasteiger partial charge in [-0.05, 0) is 26.8 Å². The third-order valence-electron chi connectivity index (χ3n) is 3.06. The van der Waals surface area contributed by atoms with Crippen molar-refractivity contribution < 1.29 is 36.6 Å². The van der Waals surface area contributed by atoms with Gasteiger partial charge >= 0.3 is 17.1 Å². The molecular weight excluding hydrogens is 372 g/mol. The van der Waals surface area contributed by atoms with Crippen LogP contribution in [0.4, 0.5) is 11.4 Å². The summed E-state index contributed by atoms with van der Waals surface area (Å²) in [6.07, 6.45) is 2.39. The molecule has 0 N–H and O–H groups in total. The van der Waals surface area contributed by atoms with E-state index in [0.29, 0.717) is 11.4 Å². The van der Waals surface area contributed by atoms with E-state index in [4.69, 9.17) is 0 Å². The molecule has 0 saturated carbocycles. The SMILES string of the molecule is CC(=O)C(=C[N-]c1ccccc1N=C/C(C(C)=O)=C(/C)[O-])C(C)=O.[Cu+2]. The van der Waals surface area contributed by atoms with Gasteiger partial charge in [-0.2, -0.15) is 6.20 Å². The third-order valence-corrected chi connectivity index (χ3v) is 3.06. The first-order chi connectivity index (χ1) is 11.2. The summed E-state index contributed by atoms with van der Waals surface area (Å²) in [5.74, 6) is -1.51. The van der Waals surface area contributed by atoms with Crippen LogP contribution in [0.3, 0.4) is 0 Å². The fourth-order valence-electron chi connectivity index (χ4n) is 1.81. The van der Waals surface area contributed by atoms with Crippen LogP contribution in [0.1, 0.15) is 27.7 Å². The topological polar surface area (TPSA) is 101 Å². The predicted molar refractivity (Wildman–Crippen MR) is 90.4 cm³/mol. The molecule has 1 aromatic rings. The number of allylic oxidation sites excluding steroid dienone is 3. The average molecular weight is 390 g/mol. The van der Waals surface area contributed by atoms with Crippen LogP contribution in [0.2, 0.25) is 0 Å². The number of hydrogen-bond donors (Lipinski definition) is 0. The summed E-state index contributed by atoms with van der Waals surface area (Å²) in [5, 5.41) is 15.5. The predicted octanol–water partition coefficient (Wildman–Crippen LogP) is 2.68. The van der Waals surface area contributed by atoms with Crippen molar-refractivity contribution in [3.8, 4) is 0 Å². The van der Waals surface area contributed by atoms with Crippen LogP contribution in [0.25, 0.3) is 5.32 Å². The average Bonchev–Trinajstić information content (AvgIpc) is 2.47. The fourth-order valence-corrected chi connectivity index (χ4v) is 1.81. The van der Waals surface area contributed by atoms with Crippen molar-refractivity contribution in [2.24, 2.45) is 4.99 Å². The Morgan fingerprint density at radius 3 is 2.04 bits per heavy atom. The van der Waals surface area contributed by atoms with Gasteiger partial charge in [-0.25, -0.2) is 0 Å². The Hall–Kier alpha value is -2.50. The van der Waals surface area contributed by atoms with Gasteiger partial charge in [0.15, 0.2) is 17.3 Å². The van der Waals surface area contributed by atoms with E-state index in [2.05, 4.69) is 10.3 Å². The van der Waals surface area contributed by atoms with Crippen LogP contribution < -0.4 is 5.11 Å². The van der Waals surface area contributed by atoms with E-state index in [1.54, 1.807) is 24.3 Å². The smallest absolute Gasteiger partial charge is 0.875 e. The van der Waals surface area contributed by atoms with Crippen molar-refractivity contribution in [2.75, 3.05) is 0 Å². The summed E-state index contributed by atoms with van der Waals surface area (Å²) in [6, 6.07) is 6.71. The number of para-hydroxylation sites is 2. The van der Waals surface area contributed by atoms with Gasteiger partial charge in [0.2, 0.25) is 0 Å². The van der Waals surface area contributed by atoms with Crippen molar-refractivity contribution in [1.29, 1.82) is 0 Å². The standard InChI is InChI=1S/C18H20N2O4.Cu/c1-11(21)15(12(2)22)9-19-17-7-5-6-8-18(17)20-10-16(13(3)23)14(4)24;/h5-10H,1-4H3,(H2,19,20,21,22,23,24);/q;+2/p-2. The molecule has 0 aromatic heterocycles. The zero-order valence-corrected chi connectivity index (χ0v) is 15.2. The van der Waals surface area contributed by atoms with Crippen molar-refractivity contribution >= 4 is 34.9 Å². The second-order valence-corrected chi connectivity index (χ2v) is 5.06. The number of aliphatic imine (C=N–C) groups is 1. The van der Waals surface area contributed by atoms with Gasteiger partial charge in [-0.1, -0.05) is 25.1 Å². The molecule has 0 unspecified atom stereocenters. The Morgan fingerprint density at radius 1 is 1.00 bits per heavy atom. The van der Waals surface area contributed by atoms with Crippen LogP contribution in [0.15, 0.2) is 52.4 Å². The number of nitrogens with zero attached hydrogens (tertiary/aromatic N) is 2. The van der Waals surface area contributed by atoms with Crippen molar-refractivity contribution in [1.82, 2.24) is 0 Å². The minimum atomic E-state index is -0.379. The molecule has 1 radical (unpaired) electrons. The van der Waals surface area contributed by atoms with Crippen LogP contribution in [0.5, 0.6) is 0 Å². The minimum absolute atomic E-state index is 0. The second kappa shape index (κ2) is 10.4. The summed E-state index contributed by atoms with van der Waals surface area (Å²) in [7, 11) is 0. The van der Waals surface area contributed by atoms with Gasteiger partial charge in [0, 0.05) is 23.0 Å². The van der Waals surface area contributed by atoms with Gasteiger partial charge in [-0.15, -0.1) is 11.4 Å². The van der Waals surface area contributed by atoms with Crippen LogP contribution in [-0.2, 0) is 31.5 Å². The van der Waals surface area contributed by atoms with E-state index in [0.717, 1.165) is 0 Å². The van der Waals surface area contributed by atoms with Gasteiger partial charge in [-0.3, -0.25) is 19.4 Å². The second-order valence-electron chi connectivity index (χ2n) is 5.06. The van der Waals surface area contributed by atoms with Crippen molar-refractivity contribution in [3.05, 3.63) is 52.7 Å². The van der Waals surface area contributed by atoms with Crippen LogP contribution in [0, 0.1) is 0 Å². The Morgan fingerprint density at radius 2 is 1.56 bits per heavy atom. The molecule has 0 aliphatic heterocycles. The molecule has 0 saturated heterocycles. The first-order valence-electron chi connectivity index (χ1n) is 7.18. The van der Waals surface area contributed by atoms with Gasteiger partial charge < -0.3 is 10.4 Å². The first kappa shape index (κ1) is 22.5. The summed E-state index contributed by atoms with van der Waals surface area (Å²) < 4.78 is 0. The van der Waals surface area contributed by atoms with E-state index in [1.165, 1.54) is 40.1 Å². The summed E-state index contributed by atoms with van der Waals surface area (Å²) in [6.45, 7) is 5.14. The normalized spacial score (nSPS) is 11.2. The van der Waals surface area contributed by atoms with Crippen molar-refractivity contribution in [2.45, 2.75) is 27.7 Å². The van der Waals surface area contributed by atoms with Crippen molar-refractivity contribution in [3.63, 3.8) is 0 Å². The fraction of sp³-hybridized carbons (Fsp3) is 0.222. The Labute approximate surface area is 157 Å². The first-order valence-corrected chi connectivity index (χ1v) is 7.18. The monoisotopic (exact) mass is 389 g/mol. The van der Waals surface area contributed by atoms with E-state index in [9.17, 15) is 19.5 Å². The van der Waals surface area contributed by atoms with E-state index < -0.39 is 0 Å². The Bertz CT molecular complexity index is 744. The molecule has 25 heavy (non-hydrogen) atoms. The zero-order valence-electron chi connectivity index (χ0n) is 14.3. The number of carbonyl (C=O) groups is 3. The zero-order chi connectivity index (χ0) is 18.3. The molecule has 1 rings (SSSR count). The number of carbonyl (C=O) groups excluding carboxylic acids is 3. The Balaban J connectivity index is 0.00000576. The molecule has 1 aromatic carbocycles. The Kier molecular flexibility index (Phi) is 9.34. The molecule has 0 amide bonds. The van der Waals surface area contributed by atoms with E-state index in [-0.39, 0.29) is 51.3 Å². The van der Waals surface area contributed by atoms with Gasteiger partial charge in [0.05, 0.1) is 0 Å². The molecule has 0 fully saturated rings. The third kappa shape index (κ3) is 6.87. The molecule has 7 heteroatoms. The number of benzene rings is 1. The number of rotatable bonds is 7. The molecule has 0 aliphatic carbocycles. The maximum atomic E-state index is 11.4. The minimum Gasteiger partial charge on any atom is -0.875 e. The van der Waals surface area contributed by atoms with E-state index in [1.807, 2.05) is 0 Å². The summed E-state index contributed by atoms with van der Waals surface area (Å²) in [4.78, 5) is 38.3. The maximum Gasteiger partial charge on any atom is 2.00 e. The number of hydrogen-bond acceptors (Lipinski definition) is 5. The molecule has 0 spiro atoms. The molecular formula is C18H18CuN2O4. The van der Waals surface area contributed by atoms with Crippen LogP contribution in [-0.4, -0.2) is 23.6 Å². The molecule has 0 aliphatic rings. The number of Topliss-reactive ketones (excluding diaryl/α,β-unsaturated/α-hetero) is 3. The molecule has 0 atom stereocenters. The largest absolute Gasteiger partial charge is 2.00 e. The number of ketones is 3. The molecule has 6 nitrogen and oxygen atoms in total. The molecule has 135 valence electrons.